The zero-order chi connectivity index (χ0) is 13.9. The van der Waals surface area contributed by atoms with Crippen molar-refractivity contribution in [2.45, 2.75) is 24.2 Å². The Kier molecular flexibility index (Phi) is 5.15. The molecule has 18 heavy (non-hydrogen) atoms. The van der Waals surface area contributed by atoms with Gasteiger partial charge >= 0.3 is 5.97 Å². The normalized spacial score (nSPS) is 13.3. The number of halogens is 1. The molecule has 1 aromatic heterocycles. The Hall–Kier alpha value is -0.630. The van der Waals surface area contributed by atoms with Crippen molar-refractivity contribution in [3.05, 3.63) is 16.5 Å². The second-order valence-electron chi connectivity index (χ2n) is 3.67. The van der Waals surface area contributed by atoms with E-state index in [0.29, 0.717) is 5.56 Å². The molecule has 0 N–H and O–H groups in total. The van der Waals surface area contributed by atoms with Gasteiger partial charge in [0.25, 0.3) is 9.05 Å². The molecule has 0 fully saturated rings. The SMILES string of the molecule is COCC(C)OC(=O)c1csc(S(=O)(=O)Cl)c1C. The molecule has 1 aromatic rings. The summed E-state index contributed by atoms with van der Waals surface area (Å²) in [4.78, 5) is 11.8. The first-order valence-corrected chi connectivity index (χ1v) is 8.19. The van der Waals surface area contributed by atoms with Crippen molar-refractivity contribution < 1.29 is 22.7 Å². The van der Waals surface area contributed by atoms with Crippen molar-refractivity contribution in [2.75, 3.05) is 13.7 Å². The highest BCUT2D eigenvalue weighted by Crippen LogP contribution is 2.29. The molecule has 0 radical (unpaired) electrons. The van der Waals surface area contributed by atoms with E-state index in [4.69, 9.17) is 20.2 Å². The summed E-state index contributed by atoms with van der Waals surface area (Å²) in [5.41, 5.74) is 0.520. The standard InChI is InChI=1S/C10H13ClO5S2/c1-6(4-15-3)16-9(12)8-5-17-10(7(8)2)18(11,13)14/h5-6H,4H2,1-3H3. The molecule has 0 aliphatic heterocycles. The zero-order valence-corrected chi connectivity index (χ0v) is 12.5. The van der Waals surface area contributed by atoms with Crippen LogP contribution in [-0.2, 0) is 18.5 Å². The maximum absolute atomic E-state index is 11.8. The lowest BCUT2D eigenvalue weighted by molar-refractivity contribution is 0.0120. The van der Waals surface area contributed by atoms with Crippen LogP contribution in [0.3, 0.4) is 0 Å². The van der Waals surface area contributed by atoms with E-state index in [1.54, 1.807) is 6.92 Å². The Morgan fingerprint density at radius 2 is 2.17 bits per heavy atom. The molecular weight excluding hydrogens is 300 g/mol. The molecule has 0 spiro atoms. The van der Waals surface area contributed by atoms with E-state index >= 15 is 0 Å². The molecule has 0 amide bonds. The Labute approximate surface area is 114 Å². The van der Waals surface area contributed by atoms with E-state index in [2.05, 4.69) is 0 Å². The Morgan fingerprint density at radius 1 is 1.56 bits per heavy atom. The fourth-order valence-electron chi connectivity index (χ4n) is 1.36. The Morgan fingerprint density at radius 3 is 2.61 bits per heavy atom. The van der Waals surface area contributed by atoms with Gasteiger partial charge < -0.3 is 9.47 Å². The van der Waals surface area contributed by atoms with Crippen molar-refractivity contribution in [2.24, 2.45) is 0 Å². The first kappa shape index (κ1) is 15.4. The summed E-state index contributed by atoms with van der Waals surface area (Å²) >= 11 is 0.900. The van der Waals surface area contributed by atoms with E-state index in [1.165, 1.54) is 19.4 Å². The second kappa shape index (κ2) is 6.01. The third kappa shape index (κ3) is 3.68. The molecule has 0 saturated heterocycles. The average Bonchev–Trinajstić information content (AvgIpc) is 2.59. The number of methoxy groups -OCH3 is 1. The lowest BCUT2D eigenvalue weighted by Gasteiger charge is -2.11. The van der Waals surface area contributed by atoms with Crippen molar-refractivity contribution in [3.63, 3.8) is 0 Å². The lowest BCUT2D eigenvalue weighted by Crippen LogP contribution is -2.19. The molecule has 1 atom stereocenters. The number of carbonyl (C=O) groups is 1. The molecule has 1 rings (SSSR count). The maximum atomic E-state index is 11.8. The number of carbonyl (C=O) groups excluding carboxylic acids is 1. The Balaban J connectivity index is 2.92. The van der Waals surface area contributed by atoms with Crippen LogP contribution in [0.4, 0.5) is 0 Å². The smallest absolute Gasteiger partial charge is 0.339 e. The minimum absolute atomic E-state index is 0.0319. The number of thiophene rings is 1. The van der Waals surface area contributed by atoms with Crippen LogP contribution in [0, 0.1) is 6.92 Å². The number of ether oxygens (including phenoxy) is 2. The minimum Gasteiger partial charge on any atom is -0.457 e. The minimum atomic E-state index is -3.83. The maximum Gasteiger partial charge on any atom is 0.339 e. The van der Waals surface area contributed by atoms with Crippen molar-refractivity contribution in [3.8, 4) is 0 Å². The lowest BCUT2D eigenvalue weighted by atomic mass is 10.2. The van der Waals surface area contributed by atoms with E-state index < -0.39 is 21.1 Å². The summed E-state index contributed by atoms with van der Waals surface area (Å²) < 4.78 is 32.3. The van der Waals surface area contributed by atoms with Gasteiger partial charge in [-0.25, -0.2) is 13.2 Å². The first-order valence-electron chi connectivity index (χ1n) is 5.00. The second-order valence-corrected chi connectivity index (χ2v) is 7.31. The van der Waals surface area contributed by atoms with Crippen LogP contribution < -0.4 is 0 Å². The monoisotopic (exact) mass is 312 g/mol. The fraction of sp³-hybridized carbons (Fsp3) is 0.500. The molecule has 1 heterocycles. The molecule has 1 unspecified atom stereocenters. The number of rotatable bonds is 5. The van der Waals surface area contributed by atoms with Crippen LogP contribution in [0.5, 0.6) is 0 Å². The molecule has 0 aliphatic carbocycles. The van der Waals surface area contributed by atoms with E-state index in [1.807, 2.05) is 0 Å². The molecule has 5 nitrogen and oxygen atoms in total. The quantitative estimate of drug-likeness (QED) is 0.615. The highest BCUT2D eigenvalue weighted by molar-refractivity contribution is 8.15. The van der Waals surface area contributed by atoms with Gasteiger partial charge in [0.15, 0.2) is 0 Å². The van der Waals surface area contributed by atoms with Gasteiger partial charge in [0.1, 0.15) is 10.3 Å². The van der Waals surface area contributed by atoms with Crippen LogP contribution in [0.15, 0.2) is 9.59 Å². The molecule has 0 bridgehead atoms. The van der Waals surface area contributed by atoms with Crippen molar-refractivity contribution in [1.82, 2.24) is 0 Å². The predicted molar refractivity (Wildman–Crippen MR) is 68.8 cm³/mol. The molecule has 0 aliphatic rings. The highest BCUT2D eigenvalue weighted by Gasteiger charge is 2.23. The number of esters is 1. The molecule has 0 aromatic carbocycles. The predicted octanol–water partition coefficient (Wildman–Crippen LogP) is 2.18. The van der Waals surface area contributed by atoms with Crippen LogP contribution in [0.25, 0.3) is 0 Å². The van der Waals surface area contributed by atoms with Gasteiger partial charge in [-0.05, 0) is 19.4 Å². The van der Waals surface area contributed by atoms with Gasteiger partial charge in [-0.1, -0.05) is 0 Å². The van der Waals surface area contributed by atoms with Crippen LogP contribution >= 0.6 is 22.0 Å². The summed E-state index contributed by atoms with van der Waals surface area (Å²) in [7, 11) is 2.92. The van der Waals surface area contributed by atoms with Gasteiger partial charge in [0.2, 0.25) is 0 Å². The summed E-state index contributed by atoms with van der Waals surface area (Å²) in [6.07, 6.45) is -0.405. The first-order chi connectivity index (χ1) is 8.27. The number of hydrogen-bond acceptors (Lipinski definition) is 6. The van der Waals surface area contributed by atoms with Gasteiger partial charge in [0, 0.05) is 23.2 Å². The van der Waals surface area contributed by atoms with Crippen LogP contribution in [0.1, 0.15) is 22.8 Å². The van der Waals surface area contributed by atoms with E-state index in [0.717, 1.165) is 11.3 Å². The topological polar surface area (TPSA) is 69.7 Å². The van der Waals surface area contributed by atoms with E-state index in [-0.39, 0.29) is 16.4 Å². The molecule has 8 heteroatoms. The van der Waals surface area contributed by atoms with Crippen LogP contribution in [0.2, 0.25) is 0 Å². The third-order valence-electron chi connectivity index (χ3n) is 2.14. The van der Waals surface area contributed by atoms with Gasteiger partial charge in [-0.2, -0.15) is 0 Å². The van der Waals surface area contributed by atoms with Crippen molar-refractivity contribution in [1.29, 1.82) is 0 Å². The Bertz CT molecular complexity index is 534. The summed E-state index contributed by atoms with van der Waals surface area (Å²) in [6, 6.07) is 0. The van der Waals surface area contributed by atoms with Crippen LogP contribution in [-0.4, -0.2) is 34.2 Å². The van der Waals surface area contributed by atoms with Gasteiger partial charge in [-0.15, -0.1) is 11.3 Å². The summed E-state index contributed by atoms with van der Waals surface area (Å²) in [5, 5.41) is 1.42. The molecular formula is C10H13ClO5S2. The summed E-state index contributed by atoms with van der Waals surface area (Å²) in [6.45, 7) is 3.47. The highest BCUT2D eigenvalue weighted by atomic mass is 35.7. The molecule has 0 saturated carbocycles. The largest absolute Gasteiger partial charge is 0.457 e. The fourth-order valence-corrected chi connectivity index (χ4v) is 3.89. The summed E-state index contributed by atoms with van der Waals surface area (Å²) in [5.74, 6) is -0.583. The van der Waals surface area contributed by atoms with Crippen molar-refractivity contribution >= 4 is 37.0 Å². The third-order valence-corrected chi connectivity index (χ3v) is 5.45. The molecule has 102 valence electrons. The van der Waals surface area contributed by atoms with Gasteiger partial charge in [0.05, 0.1) is 12.2 Å². The number of hydrogen-bond donors (Lipinski definition) is 0. The van der Waals surface area contributed by atoms with E-state index in [9.17, 15) is 13.2 Å². The van der Waals surface area contributed by atoms with Gasteiger partial charge in [-0.3, -0.25) is 0 Å². The zero-order valence-electron chi connectivity index (χ0n) is 10.1. The average molecular weight is 313 g/mol.